The fourth-order valence-electron chi connectivity index (χ4n) is 5.20. The summed E-state index contributed by atoms with van der Waals surface area (Å²) in [6.07, 6.45) is 1.26. The van der Waals surface area contributed by atoms with Gasteiger partial charge in [-0.1, -0.05) is 24.6 Å². The number of ether oxygens (including phenoxy) is 1. The standard InChI is InChI=1S/C28H28ClF3N6O4/c1-3-23-20(11-17-10-16(2)36(13-17)15-39)26(41)38-27(34-25(35-38)18-6-8-42-9-7-18)37(23)14-24(40)33-22-5-4-19(12-21(22)29)28(30,31)32/h4-6,11-12,15-16H,3,7-10,13-14H2,1-2H3,(H,33,40). The average Bonchev–Trinajstić information content (AvgIpc) is 3.56. The number of anilines is 1. The molecule has 1 fully saturated rings. The van der Waals surface area contributed by atoms with E-state index >= 15 is 0 Å². The van der Waals surface area contributed by atoms with Gasteiger partial charge in [-0.3, -0.25) is 14.4 Å². The summed E-state index contributed by atoms with van der Waals surface area (Å²) < 4.78 is 47.3. The third kappa shape index (κ3) is 5.84. The van der Waals surface area contributed by atoms with E-state index in [0.29, 0.717) is 56.1 Å². The molecule has 2 aliphatic rings. The van der Waals surface area contributed by atoms with Gasteiger partial charge in [-0.25, -0.2) is 0 Å². The minimum absolute atomic E-state index is 0.00976. The molecule has 0 spiro atoms. The van der Waals surface area contributed by atoms with Crippen molar-refractivity contribution in [1.82, 2.24) is 24.1 Å². The van der Waals surface area contributed by atoms with E-state index in [9.17, 15) is 27.6 Å². The molecule has 222 valence electrons. The van der Waals surface area contributed by atoms with Crippen LogP contribution < -0.4 is 10.9 Å². The van der Waals surface area contributed by atoms with E-state index in [2.05, 4.69) is 15.4 Å². The number of likely N-dealkylation sites (tertiary alicyclic amines) is 1. The zero-order valence-corrected chi connectivity index (χ0v) is 23.6. The van der Waals surface area contributed by atoms with Crippen LogP contribution in [-0.2, 0) is 33.5 Å². The molecular weight excluding hydrogens is 577 g/mol. The molecule has 10 nitrogen and oxygen atoms in total. The number of rotatable bonds is 7. The Morgan fingerprint density at radius 3 is 2.71 bits per heavy atom. The van der Waals surface area contributed by atoms with Crippen LogP contribution in [0.1, 0.15) is 49.3 Å². The number of nitrogens with one attached hydrogen (secondary N) is 1. The van der Waals surface area contributed by atoms with Gasteiger partial charge in [0.25, 0.3) is 5.56 Å². The van der Waals surface area contributed by atoms with Crippen LogP contribution >= 0.6 is 11.6 Å². The first-order valence-electron chi connectivity index (χ1n) is 13.4. The second kappa shape index (κ2) is 11.7. The van der Waals surface area contributed by atoms with Gasteiger partial charge in [-0.15, -0.1) is 5.10 Å². The lowest BCUT2D eigenvalue weighted by molar-refractivity contribution is -0.137. The number of amides is 2. The summed E-state index contributed by atoms with van der Waals surface area (Å²) in [5, 5.41) is 6.78. The van der Waals surface area contributed by atoms with E-state index < -0.39 is 23.2 Å². The molecule has 0 bridgehead atoms. The SMILES string of the molecule is CCc1c(C=C2CC(C)N(C=O)C2)c(=O)n2nc(C3=CCOCC3)nc2n1CC(=O)Nc1ccc(C(F)(F)F)cc1Cl. The molecule has 2 aromatic heterocycles. The number of hydrogen-bond donors (Lipinski definition) is 1. The van der Waals surface area contributed by atoms with Crippen molar-refractivity contribution in [2.45, 2.75) is 51.9 Å². The van der Waals surface area contributed by atoms with Gasteiger partial charge < -0.3 is 19.5 Å². The summed E-state index contributed by atoms with van der Waals surface area (Å²) in [7, 11) is 0. The van der Waals surface area contributed by atoms with Crippen LogP contribution in [0.25, 0.3) is 17.4 Å². The van der Waals surface area contributed by atoms with E-state index in [1.807, 2.05) is 19.9 Å². The maximum absolute atomic E-state index is 13.8. The Morgan fingerprint density at radius 2 is 2.10 bits per heavy atom. The third-order valence-corrected chi connectivity index (χ3v) is 7.65. The molecule has 42 heavy (non-hydrogen) atoms. The molecule has 0 aliphatic carbocycles. The quantitative estimate of drug-likeness (QED) is 0.405. The summed E-state index contributed by atoms with van der Waals surface area (Å²) in [6.45, 7) is 4.66. The summed E-state index contributed by atoms with van der Waals surface area (Å²) in [5.41, 5.74) is 1.17. The third-order valence-electron chi connectivity index (χ3n) is 7.34. The summed E-state index contributed by atoms with van der Waals surface area (Å²) in [6, 6.07) is 2.64. The fraction of sp³-hybridized carbons (Fsp3) is 0.393. The van der Waals surface area contributed by atoms with Crippen LogP contribution in [0.3, 0.4) is 0 Å². The number of fused-ring (bicyclic) bond motifs is 1. The first-order valence-corrected chi connectivity index (χ1v) is 13.7. The highest BCUT2D eigenvalue weighted by Gasteiger charge is 2.31. The van der Waals surface area contributed by atoms with Gasteiger partial charge in [0.15, 0.2) is 5.82 Å². The molecule has 1 unspecified atom stereocenters. The highest BCUT2D eigenvalue weighted by atomic mass is 35.5. The van der Waals surface area contributed by atoms with Crippen LogP contribution in [-0.4, -0.2) is 62.2 Å². The van der Waals surface area contributed by atoms with Gasteiger partial charge in [-0.05, 0) is 61.6 Å². The lowest BCUT2D eigenvalue weighted by Crippen LogP contribution is -2.29. The number of carbonyl (C=O) groups excluding carboxylic acids is 2. The largest absolute Gasteiger partial charge is 0.416 e. The van der Waals surface area contributed by atoms with E-state index in [1.54, 1.807) is 15.5 Å². The minimum Gasteiger partial charge on any atom is -0.377 e. The van der Waals surface area contributed by atoms with Gasteiger partial charge in [0.2, 0.25) is 18.1 Å². The maximum atomic E-state index is 13.8. The van der Waals surface area contributed by atoms with E-state index in [4.69, 9.17) is 16.3 Å². The van der Waals surface area contributed by atoms with E-state index in [-0.39, 0.29) is 29.1 Å². The van der Waals surface area contributed by atoms with Gasteiger partial charge >= 0.3 is 6.18 Å². The van der Waals surface area contributed by atoms with Crippen LogP contribution in [0.15, 0.2) is 34.6 Å². The summed E-state index contributed by atoms with van der Waals surface area (Å²) in [4.78, 5) is 44.7. The fourth-order valence-corrected chi connectivity index (χ4v) is 5.43. The monoisotopic (exact) mass is 604 g/mol. The average molecular weight is 605 g/mol. The van der Waals surface area contributed by atoms with Crippen LogP contribution in [0.2, 0.25) is 5.02 Å². The Balaban J connectivity index is 1.58. The molecule has 4 heterocycles. The Hall–Kier alpha value is -3.97. The molecule has 14 heteroatoms. The molecule has 0 saturated carbocycles. The van der Waals surface area contributed by atoms with Crippen molar-refractivity contribution in [2.75, 3.05) is 25.1 Å². The first kappa shape index (κ1) is 29.5. The Labute approximate surface area is 243 Å². The van der Waals surface area contributed by atoms with Crippen molar-refractivity contribution >= 4 is 47.0 Å². The van der Waals surface area contributed by atoms with Crippen molar-refractivity contribution in [3.63, 3.8) is 0 Å². The Bertz CT molecular complexity index is 1680. The molecule has 1 N–H and O–H groups in total. The van der Waals surface area contributed by atoms with E-state index in [0.717, 1.165) is 40.3 Å². The molecule has 2 aliphatic heterocycles. The predicted molar refractivity (Wildman–Crippen MR) is 150 cm³/mol. The zero-order valence-electron chi connectivity index (χ0n) is 22.9. The molecule has 0 radical (unpaired) electrons. The van der Waals surface area contributed by atoms with E-state index in [1.165, 1.54) is 0 Å². The normalized spacial score (nSPS) is 18.5. The first-order chi connectivity index (χ1) is 20.0. The van der Waals surface area contributed by atoms with Crippen molar-refractivity contribution < 1.29 is 27.5 Å². The maximum Gasteiger partial charge on any atom is 0.416 e. The van der Waals surface area contributed by atoms with Gasteiger partial charge in [0.05, 0.1) is 35.1 Å². The Morgan fingerprint density at radius 1 is 1.31 bits per heavy atom. The second-order valence-electron chi connectivity index (χ2n) is 10.2. The second-order valence-corrected chi connectivity index (χ2v) is 10.6. The van der Waals surface area contributed by atoms with Crippen LogP contribution in [0.4, 0.5) is 18.9 Å². The van der Waals surface area contributed by atoms with Crippen molar-refractivity contribution in [3.05, 3.63) is 67.9 Å². The molecule has 5 rings (SSSR count). The van der Waals surface area contributed by atoms with Crippen molar-refractivity contribution in [1.29, 1.82) is 0 Å². The van der Waals surface area contributed by atoms with Crippen molar-refractivity contribution in [2.24, 2.45) is 0 Å². The smallest absolute Gasteiger partial charge is 0.377 e. The van der Waals surface area contributed by atoms with Gasteiger partial charge in [0, 0.05) is 18.3 Å². The van der Waals surface area contributed by atoms with Crippen LogP contribution in [0.5, 0.6) is 0 Å². The number of alkyl halides is 3. The molecule has 1 atom stereocenters. The minimum atomic E-state index is -4.58. The number of benzene rings is 1. The lowest BCUT2D eigenvalue weighted by atomic mass is 10.1. The Kier molecular flexibility index (Phi) is 8.24. The predicted octanol–water partition coefficient (Wildman–Crippen LogP) is 4.20. The number of hydrogen-bond acceptors (Lipinski definition) is 6. The number of carbonyl (C=O) groups is 2. The zero-order chi connectivity index (χ0) is 30.2. The highest BCUT2D eigenvalue weighted by molar-refractivity contribution is 6.33. The summed E-state index contributed by atoms with van der Waals surface area (Å²) >= 11 is 6.06. The number of nitrogens with zero attached hydrogens (tertiary/aromatic N) is 5. The van der Waals surface area contributed by atoms with Gasteiger partial charge in [-0.2, -0.15) is 22.7 Å². The van der Waals surface area contributed by atoms with Crippen LogP contribution in [0, 0.1) is 0 Å². The molecule has 1 saturated heterocycles. The van der Waals surface area contributed by atoms with Gasteiger partial charge in [0.1, 0.15) is 6.54 Å². The molecule has 2 amide bonds. The topological polar surface area (TPSA) is 111 Å². The highest BCUT2D eigenvalue weighted by Crippen LogP contribution is 2.34. The summed E-state index contributed by atoms with van der Waals surface area (Å²) in [5.74, 6) is -0.111. The molecule has 3 aromatic rings. The number of aromatic nitrogens is 4. The molecular formula is C28H28ClF3N6O4. The van der Waals surface area contributed by atoms with Crippen molar-refractivity contribution in [3.8, 4) is 0 Å². The number of halogens is 4. The lowest BCUT2D eigenvalue weighted by Gasteiger charge is -2.17. The molecule has 1 aromatic carbocycles.